The highest BCUT2D eigenvalue weighted by Crippen LogP contribution is 2.25. The standard InChI is InChI=1S/C19H25N5O2/c1-4-23-7-9-24(10-8-23)19-20-12-15(13-21-19)18(25)22-16-11-14(2)5-6-17(16)26-3/h5-6,11-13H,4,7-10H2,1-3H3,(H,22,25). The molecule has 0 unspecified atom stereocenters. The number of aryl methyl sites for hydroxylation is 1. The SMILES string of the molecule is CCN1CCN(c2ncc(C(=O)Nc3cc(C)ccc3OC)cn2)CC1. The fourth-order valence-corrected chi connectivity index (χ4v) is 2.98. The molecule has 7 nitrogen and oxygen atoms in total. The number of amides is 1. The molecule has 1 aromatic heterocycles. The normalized spacial score (nSPS) is 15.0. The van der Waals surface area contributed by atoms with Crippen LogP contribution in [-0.2, 0) is 0 Å². The van der Waals surface area contributed by atoms with Crippen molar-refractivity contribution in [2.45, 2.75) is 13.8 Å². The summed E-state index contributed by atoms with van der Waals surface area (Å²) in [4.78, 5) is 25.8. The molecule has 0 spiro atoms. The van der Waals surface area contributed by atoms with Gasteiger partial charge in [-0.2, -0.15) is 0 Å². The van der Waals surface area contributed by atoms with Crippen molar-refractivity contribution in [1.29, 1.82) is 0 Å². The molecule has 0 saturated carbocycles. The second-order valence-electron chi connectivity index (χ2n) is 6.35. The van der Waals surface area contributed by atoms with Crippen LogP contribution in [0.5, 0.6) is 5.75 Å². The minimum atomic E-state index is -0.253. The Labute approximate surface area is 154 Å². The molecule has 7 heteroatoms. The van der Waals surface area contributed by atoms with Crippen molar-refractivity contribution in [1.82, 2.24) is 14.9 Å². The number of nitrogens with zero attached hydrogens (tertiary/aromatic N) is 4. The van der Waals surface area contributed by atoms with Crippen LogP contribution in [0.2, 0.25) is 0 Å². The summed E-state index contributed by atoms with van der Waals surface area (Å²) >= 11 is 0. The maximum atomic E-state index is 12.5. The summed E-state index contributed by atoms with van der Waals surface area (Å²) < 4.78 is 5.30. The number of carbonyl (C=O) groups is 1. The van der Waals surface area contributed by atoms with Crippen molar-refractivity contribution in [3.05, 3.63) is 41.7 Å². The number of carbonyl (C=O) groups excluding carboxylic acids is 1. The quantitative estimate of drug-likeness (QED) is 0.887. The Balaban J connectivity index is 1.67. The second kappa shape index (κ2) is 8.14. The van der Waals surface area contributed by atoms with Gasteiger partial charge in [0.2, 0.25) is 5.95 Å². The number of aromatic nitrogens is 2. The van der Waals surface area contributed by atoms with Gasteiger partial charge in [0.15, 0.2) is 0 Å². The first-order valence-corrected chi connectivity index (χ1v) is 8.86. The Hall–Kier alpha value is -2.67. The number of anilines is 2. The van der Waals surface area contributed by atoms with E-state index in [0.717, 1.165) is 38.3 Å². The van der Waals surface area contributed by atoms with Gasteiger partial charge >= 0.3 is 0 Å². The molecule has 26 heavy (non-hydrogen) atoms. The molecule has 1 aliphatic rings. The minimum absolute atomic E-state index is 0.253. The van der Waals surface area contributed by atoms with E-state index in [9.17, 15) is 4.79 Å². The summed E-state index contributed by atoms with van der Waals surface area (Å²) in [5, 5.41) is 2.87. The predicted octanol–water partition coefficient (Wildman–Crippen LogP) is 2.19. The molecular weight excluding hydrogens is 330 g/mol. The summed E-state index contributed by atoms with van der Waals surface area (Å²) in [5.74, 6) is 1.04. The molecule has 1 aromatic carbocycles. The first-order chi connectivity index (χ1) is 12.6. The highest BCUT2D eigenvalue weighted by Gasteiger charge is 2.18. The lowest BCUT2D eigenvalue weighted by Crippen LogP contribution is -2.46. The largest absolute Gasteiger partial charge is 0.495 e. The van der Waals surface area contributed by atoms with Crippen LogP contribution in [0.1, 0.15) is 22.8 Å². The molecule has 2 aromatic rings. The lowest BCUT2D eigenvalue weighted by atomic mass is 10.2. The third-order valence-corrected chi connectivity index (χ3v) is 4.61. The third kappa shape index (κ3) is 4.11. The Morgan fingerprint density at radius 3 is 2.50 bits per heavy atom. The van der Waals surface area contributed by atoms with Crippen molar-refractivity contribution in [3.8, 4) is 5.75 Å². The average molecular weight is 355 g/mol. The van der Waals surface area contributed by atoms with Crippen LogP contribution in [-0.4, -0.2) is 60.6 Å². The summed E-state index contributed by atoms with van der Waals surface area (Å²) in [6, 6.07) is 5.64. The number of hydrogen-bond donors (Lipinski definition) is 1. The molecule has 1 N–H and O–H groups in total. The summed E-state index contributed by atoms with van der Waals surface area (Å²) in [6.45, 7) is 9.02. The van der Waals surface area contributed by atoms with Crippen LogP contribution in [0.25, 0.3) is 0 Å². The molecule has 1 amide bonds. The van der Waals surface area contributed by atoms with E-state index in [-0.39, 0.29) is 5.91 Å². The monoisotopic (exact) mass is 355 g/mol. The molecule has 0 radical (unpaired) electrons. The Bertz CT molecular complexity index is 755. The molecule has 2 heterocycles. The van der Waals surface area contributed by atoms with Gasteiger partial charge in [0.1, 0.15) is 5.75 Å². The van der Waals surface area contributed by atoms with E-state index < -0.39 is 0 Å². The van der Waals surface area contributed by atoms with Gasteiger partial charge in [0.25, 0.3) is 5.91 Å². The highest BCUT2D eigenvalue weighted by atomic mass is 16.5. The van der Waals surface area contributed by atoms with Crippen molar-refractivity contribution in [2.24, 2.45) is 0 Å². The van der Waals surface area contributed by atoms with Crippen molar-refractivity contribution in [2.75, 3.05) is 50.1 Å². The smallest absolute Gasteiger partial charge is 0.258 e. The summed E-state index contributed by atoms with van der Waals surface area (Å²) in [5.41, 5.74) is 2.10. The van der Waals surface area contributed by atoms with Gasteiger partial charge in [0.05, 0.1) is 18.4 Å². The van der Waals surface area contributed by atoms with Crippen molar-refractivity contribution < 1.29 is 9.53 Å². The van der Waals surface area contributed by atoms with Gasteiger partial charge in [-0.25, -0.2) is 9.97 Å². The van der Waals surface area contributed by atoms with Gasteiger partial charge in [0, 0.05) is 38.6 Å². The lowest BCUT2D eigenvalue weighted by Gasteiger charge is -2.33. The molecule has 138 valence electrons. The van der Waals surface area contributed by atoms with Gasteiger partial charge in [-0.05, 0) is 31.2 Å². The molecule has 1 aliphatic heterocycles. The minimum Gasteiger partial charge on any atom is -0.495 e. The number of benzene rings is 1. The van der Waals surface area contributed by atoms with Crippen LogP contribution in [0.15, 0.2) is 30.6 Å². The lowest BCUT2D eigenvalue weighted by molar-refractivity contribution is 0.102. The van der Waals surface area contributed by atoms with Gasteiger partial charge in [-0.3, -0.25) is 4.79 Å². The van der Waals surface area contributed by atoms with E-state index in [0.29, 0.717) is 22.9 Å². The Morgan fingerprint density at radius 2 is 1.88 bits per heavy atom. The zero-order valence-corrected chi connectivity index (χ0v) is 15.5. The summed E-state index contributed by atoms with van der Waals surface area (Å²) in [7, 11) is 1.58. The molecule has 0 aliphatic carbocycles. The first kappa shape index (κ1) is 18.1. The van der Waals surface area contributed by atoms with Crippen molar-refractivity contribution in [3.63, 3.8) is 0 Å². The molecule has 1 fully saturated rings. The van der Waals surface area contributed by atoms with Gasteiger partial charge in [-0.15, -0.1) is 0 Å². The molecular formula is C19H25N5O2. The maximum Gasteiger partial charge on any atom is 0.258 e. The fourth-order valence-electron chi connectivity index (χ4n) is 2.98. The van der Waals surface area contributed by atoms with E-state index in [1.54, 1.807) is 19.5 Å². The van der Waals surface area contributed by atoms with Crippen molar-refractivity contribution >= 4 is 17.5 Å². The Morgan fingerprint density at radius 1 is 1.19 bits per heavy atom. The first-order valence-electron chi connectivity index (χ1n) is 8.86. The predicted molar refractivity (Wildman–Crippen MR) is 102 cm³/mol. The maximum absolute atomic E-state index is 12.5. The molecule has 0 atom stereocenters. The molecule has 1 saturated heterocycles. The van der Waals surface area contributed by atoms with E-state index in [1.165, 1.54) is 0 Å². The fraction of sp³-hybridized carbons (Fsp3) is 0.421. The number of rotatable bonds is 5. The third-order valence-electron chi connectivity index (χ3n) is 4.61. The number of likely N-dealkylation sites (N-methyl/N-ethyl adjacent to an activating group) is 1. The van der Waals surface area contributed by atoms with E-state index in [1.807, 2.05) is 25.1 Å². The number of piperazine rings is 1. The summed E-state index contributed by atoms with van der Waals surface area (Å²) in [6.07, 6.45) is 3.15. The average Bonchev–Trinajstić information content (AvgIpc) is 2.68. The number of hydrogen-bond acceptors (Lipinski definition) is 6. The second-order valence-corrected chi connectivity index (χ2v) is 6.35. The van der Waals surface area contributed by atoms with E-state index in [2.05, 4.69) is 32.0 Å². The van der Waals surface area contributed by atoms with E-state index >= 15 is 0 Å². The molecule has 3 rings (SSSR count). The van der Waals surface area contributed by atoms with Crippen LogP contribution in [0.3, 0.4) is 0 Å². The topological polar surface area (TPSA) is 70.6 Å². The van der Waals surface area contributed by atoms with E-state index in [4.69, 9.17) is 4.74 Å². The number of nitrogens with one attached hydrogen (secondary N) is 1. The number of ether oxygens (including phenoxy) is 1. The van der Waals surface area contributed by atoms with Crippen LogP contribution in [0, 0.1) is 6.92 Å². The van der Waals surface area contributed by atoms with Crippen LogP contribution >= 0.6 is 0 Å². The zero-order valence-electron chi connectivity index (χ0n) is 15.5. The number of methoxy groups -OCH3 is 1. The zero-order chi connectivity index (χ0) is 18.5. The van der Waals surface area contributed by atoms with Crippen LogP contribution in [0.4, 0.5) is 11.6 Å². The highest BCUT2D eigenvalue weighted by molar-refractivity contribution is 6.04. The van der Waals surface area contributed by atoms with Gasteiger partial charge in [-0.1, -0.05) is 13.0 Å². The van der Waals surface area contributed by atoms with Crippen LogP contribution < -0.4 is 15.0 Å². The van der Waals surface area contributed by atoms with Gasteiger partial charge < -0.3 is 19.9 Å². The molecule has 0 bridgehead atoms. The Kier molecular flexibility index (Phi) is 5.68.